The zero-order valence-electron chi connectivity index (χ0n) is 28.4. The molecule has 2 unspecified atom stereocenters. The first-order chi connectivity index (χ1) is 25.0. The lowest BCUT2D eigenvalue weighted by atomic mass is 9.80. The third kappa shape index (κ3) is 6.50. The summed E-state index contributed by atoms with van der Waals surface area (Å²) in [5, 5.41) is 14.5. The maximum absolute atomic E-state index is 12.9. The molecule has 51 heavy (non-hydrogen) atoms. The van der Waals surface area contributed by atoms with E-state index in [1.165, 1.54) is 13.4 Å². The first-order valence-electron chi connectivity index (χ1n) is 16.6. The van der Waals surface area contributed by atoms with Crippen LogP contribution in [0.25, 0.3) is 0 Å². The number of amides is 1. The minimum Gasteiger partial charge on any atom is -0.497 e. The average molecular weight is 690 g/mol. The van der Waals surface area contributed by atoms with Crippen LogP contribution < -0.4 is 14.8 Å². The molecular formula is C39H39N5O7. The van der Waals surface area contributed by atoms with E-state index in [2.05, 4.69) is 20.3 Å². The highest BCUT2D eigenvalue weighted by molar-refractivity contribution is 6.11. The number of hydrogen-bond donors (Lipinski definition) is 2. The van der Waals surface area contributed by atoms with Crippen LogP contribution in [-0.2, 0) is 19.8 Å². The molecule has 12 nitrogen and oxygen atoms in total. The summed E-state index contributed by atoms with van der Waals surface area (Å²) in [5.41, 5.74) is 1.96. The fourth-order valence-corrected chi connectivity index (χ4v) is 6.80. The zero-order chi connectivity index (χ0) is 35.4. The highest BCUT2D eigenvalue weighted by atomic mass is 16.6. The van der Waals surface area contributed by atoms with Gasteiger partial charge in [0.05, 0.1) is 27.2 Å². The van der Waals surface area contributed by atoms with Gasteiger partial charge in [0.25, 0.3) is 5.91 Å². The van der Waals surface area contributed by atoms with Crippen LogP contribution in [0.5, 0.6) is 11.5 Å². The molecule has 3 aliphatic heterocycles. The molecule has 7 rings (SSSR count). The molecule has 0 aromatic heterocycles. The average Bonchev–Trinajstić information content (AvgIpc) is 3.77. The number of methoxy groups -OCH3 is 3. The molecule has 0 bridgehead atoms. The van der Waals surface area contributed by atoms with Crippen LogP contribution in [0.4, 0.5) is 0 Å². The standard InChI is InChI=1S/C39H39N5O7/c1-47-29-18-14-27(15-19-29)39(26-12-8-5-9-13-26,28-16-20-30(48-2)21-17-28)50-22-31-33(45)34(49-3)38(51-31)44-24-42-32-35(40-23-41-36(32)44)43-37(46)25-10-6-4-7-11-25/h4-21,23-24,31-34,36,38,45H,22H2,1-3H3,(H,40,41,43,46)/t31-,32?,33-,34-,36?,38-/m1/s1. The van der Waals surface area contributed by atoms with E-state index >= 15 is 0 Å². The Morgan fingerprint density at radius 3 is 2.00 bits per heavy atom. The fraction of sp³-hybridized carbons (Fsp3) is 0.282. The van der Waals surface area contributed by atoms with E-state index in [0.717, 1.165) is 16.7 Å². The monoisotopic (exact) mass is 689 g/mol. The second-order valence-corrected chi connectivity index (χ2v) is 12.2. The van der Waals surface area contributed by atoms with Gasteiger partial charge in [0.1, 0.15) is 47.6 Å². The number of aliphatic hydroxyl groups is 1. The number of benzene rings is 4. The molecule has 3 heterocycles. The quantitative estimate of drug-likeness (QED) is 0.226. The zero-order valence-corrected chi connectivity index (χ0v) is 28.4. The summed E-state index contributed by atoms with van der Waals surface area (Å²) in [6.45, 7) is -0.00728. The van der Waals surface area contributed by atoms with Crippen LogP contribution in [0.2, 0.25) is 0 Å². The third-order valence-corrected chi connectivity index (χ3v) is 9.44. The van der Waals surface area contributed by atoms with Crippen molar-refractivity contribution in [1.82, 2.24) is 10.2 Å². The van der Waals surface area contributed by atoms with Crippen molar-refractivity contribution in [3.05, 3.63) is 131 Å². The van der Waals surface area contributed by atoms with E-state index < -0.39 is 42.3 Å². The molecule has 4 aromatic rings. The normalized spacial score (nSPS) is 23.8. The molecule has 0 aliphatic carbocycles. The highest BCUT2D eigenvalue weighted by Gasteiger charge is 2.52. The molecule has 6 atom stereocenters. The van der Waals surface area contributed by atoms with Gasteiger partial charge in [-0.2, -0.15) is 0 Å². The number of carbonyl (C=O) groups excluding carboxylic acids is 1. The van der Waals surface area contributed by atoms with Gasteiger partial charge in [-0.15, -0.1) is 0 Å². The SMILES string of the molecule is COc1ccc(C(OC[C@H]2O[C@@H](N3C=NC4C(NC(=O)c5ccccc5)=NC=NC43)[C@H](OC)[C@@H]2O)(c2ccccc2)c2ccc(OC)cc2)cc1. The van der Waals surface area contributed by atoms with Crippen LogP contribution in [0.1, 0.15) is 27.0 Å². The summed E-state index contributed by atoms with van der Waals surface area (Å²) in [6, 6.07) is 33.7. The molecule has 1 saturated heterocycles. The van der Waals surface area contributed by atoms with Crippen LogP contribution >= 0.6 is 0 Å². The lowest BCUT2D eigenvalue weighted by molar-refractivity contribution is -0.108. The maximum atomic E-state index is 12.9. The smallest absolute Gasteiger partial charge is 0.256 e. The number of aliphatic imine (C=N–C) groups is 3. The summed E-state index contributed by atoms with van der Waals surface area (Å²) in [5.74, 6) is 1.48. The Hall–Kier alpha value is -5.40. The minimum atomic E-state index is -1.11. The molecule has 12 heteroatoms. The highest BCUT2D eigenvalue weighted by Crippen LogP contribution is 2.43. The van der Waals surface area contributed by atoms with Gasteiger partial charge >= 0.3 is 0 Å². The Bertz CT molecular complexity index is 1840. The van der Waals surface area contributed by atoms with E-state index in [0.29, 0.717) is 22.9 Å². The molecule has 0 spiro atoms. The van der Waals surface area contributed by atoms with Crippen molar-refractivity contribution in [2.24, 2.45) is 15.0 Å². The number of carbonyl (C=O) groups is 1. The van der Waals surface area contributed by atoms with E-state index in [1.807, 2.05) is 84.9 Å². The number of hydrogen-bond acceptors (Lipinski definition) is 11. The number of fused-ring (bicyclic) bond motifs is 1. The minimum absolute atomic E-state index is 0.00728. The number of nitrogens with one attached hydrogen (secondary N) is 1. The van der Waals surface area contributed by atoms with Gasteiger partial charge in [0.2, 0.25) is 0 Å². The van der Waals surface area contributed by atoms with Crippen molar-refractivity contribution in [2.75, 3.05) is 27.9 Å². The Morgan fingerprint density at radius 2 is 1.41 bits per heavy atom. The number of amidine groups is 1. The Labute approximate surface area is 296 Å². The molecule has 3 aliphatic rings. The van der Waals surface area contributed by atoms with Crippen LogP contribution in [0, 0.1) is 0 Å². The maximum Gasteiger partial charge on any atom is 0.256 e. The van der Waals surface area contributed by atoms with Gasteiger partial charge in [-0.3, -0.25) is 9.79 Å². The summed E-state index contributed by atoms with van der Waals surface area (Å²) in [7, 11) is 4.78. The van der Waals surface area contributed by atoms with Gasteiger partial charge in [-0.05, 0) is 53.1 Å². The van der Waals surface area contributed by atoms with E-state index in [-0.39, 0.29) is 12.5 Å². The van der Waals surface area contributed by atoms with Crippen molar-refractivity contribution in [3.63, 3.8) is 0 Å². The van der Waals surface area contributed by atoms with Gasteiger partial charge < -0.3 is 39.0 Å². The van der Waals surface area contributed by atoms with Crippen LogP contribution in [-0.4, -0.2) is 99.1 Å². The Balaban J connectivity index is 1.15. The van der Waals surface area contributed by atoms with Crippen molar-refractivity contribution in [1.29, 1.82) is 0 Å². The number of aliphatic hydroxyl groups excluding tert-OH is 1. The van der Waals surface area contributed by atoms with Crippen LogP contribution in [0.3, 0.4) is 0 Å². The topological polar surface area (TPSA) is 136 Å². The summed E-state index contributed by atoms with van der Waals surface area (Å²) in [4.78, 5) is 28.3. The summed E-state index contributed by atoms with van der Waals surface area (Å²) < 4.78 is 30.4. The van der Waals surface area contributed by atoms with E-state index in [4.69, 9.17) is 23.7 Å². The summed E-state index contributed by atoms with van der Waals surface area (Å²) in [6.07, 6.45) is -0.978. The molecule has 262 valence electrons. The predicted octanol–water partition coefficient (Wildman–Crippen LogP) is 4.02. The molecule has 4 aromatic carbocycles. The van der Waals surface area contributed by atoms with Crippen molar-refractivity contribution >= 4 is 24.4 Å². The van der Waals surface area contributed by atoms with Gasteiger partial charge in [0.15, 0.2) is 18.4 Å². The fourth-order valence-electron chi connectivity index (χ4n) is 6.80. The van der Waals surface area contributed by atoms with E-state index in [1.54, 1.807) is 49.7 Å². The van der Waals surface area contributed by atoms with Gasteiger partial charge in [-0.25, -0.2) is 9.98 Å². The Kier molecular flexibility index (Phi) is 9.91. The van der Waals surface area contributed by atoms with Crippen LogP contribution in [0.15, 0.2) is 124 Å². The van der Waals surface area contributed by atoms with Crippen molar-refractivity contribution < 1.29 is 33.6 Å². The first kappa shape index (κ1) is 34.1. The number of ether oxygens (including phenoxy) is 5. The third-order valence-electron chi connectivity index (χ3n) is 9.44. The number of nitrogens with zero attached hydrogens (tertiary/aromatic N) is 4. The second-order valence-electron chi connectivity index (χ2n) is 12.2. The lowest BCUT2D eigenvalue weighted by Crippen LogP contribution is -2.53. The molecule has 0 radical (unpaired) electrons. The lowest BCUT2D eigenvalue weighted by Gasteiger charge is -2.37. The van der Waals surface area contributed by atoms with Gasteiger partial charge in [-0.1, -0.05) is 72.8 Å². The molecule has 0 saturated carbocycles. The molecule has 1 amide bonds. The van der Waals surface area contributed by atoms with Crippen molar-refractivity contribution in [3.8, 4) is 11.5 Å². The molecule has 1 fully saturated rings. The van der Waals surface area contributed by atoms with Gasteiger partial charge in [0, 0.05) is 12.7 Å². The largest absolute Gasteiger partial charge is 0.497 e. The summed E-state index contributed by atoms with van der Waals surface area (Å²) >= 11 is 0. The molecule has 2 N–H and O–H groups in total. The second kappa shape index (κ2) is 14.8. The Morgan fingerprint density at radius 1 is 0.824 bits per heavy atom. The molecular weight excluding hydrogens is 650 g/mol. The predicted molar refractivity (Wildman–Crippen MR) is 191 cm³/mol. The van der Waals surface area contributed by atoms with Crippen molar-refractivity contribution in [2.45, 2.75) is 42.3 Å². The van der Waals surface area contributed by atoms with E-state index in [9.17, 15) is 9.90 Å². The number of rotatable bonds is 11. The first-order valence-corrected chi connectivity index (χ1v) is 16.6.